The summed E-state index contributed by atoms with van der Waals surface area (Å²) < 4.78 is 0. The molecule has 2 unspecified atom stereocenters. The van der Waals surface area contributed by atoms with Gasteiger partial charge >= 0.3 is 5.97 Å². The standard InChI is InChI=1S/C11H16O2/c1-7(2)6-8-9(10(12)13)11(8)4-3-5-11/h6,8-9H,3-5H2,1-2H3,(H,12,13). The molecular formula is C11H16O2. The van der Waals surface area contributed by atoms with Gasteiger partial charge in [0.15, 0.2) is 0 Å². The van der Waals surface area contributed by atoms with Crippen LogP contribution in [-0.2, 0) is 4.79 Å². The number of allylic oxidation sites excluding steroid dienone is 2. The van der Waals surface area contributed by atoms with Gasteiger partial charge in [0.2, 0.25) is 0 Å². The molecule has 2 fully saturated rings. The number of carboxylic acid groups (broad SMARTS) is 1. The molecule has 0 heterocycles. The molecule has 2 aliphatic carbocycles. The van der Waals surface area contributed by atoms with Gasteiger partial charge in [-0.1, -0.05) is 18.1 Å². The molecule has 2 rings (SSSR count). The van der Waals surface area contributed by atoms with Crippen LogP contribution in [0, 0.1) is 17.3 Å². The summed E-state index contributed by atoms with van der Waals surface area (Å²) in [6, 6.07) is 0. The Morgan fingerprint density at radius 2 is 2.08 bits per heavy atom. The van der Waals surface area contributed by atoms with Crippen LogP contribution in [0.5, 0.6) is 0 Å². The van der Waals surface area contributed by atoms with E-state index in [1.807, 2.05) is 13.8 Å². The quantitative estimate of drug-likeness (QED) is 0.663. The summed E-state index contributed by atoms with van der Waals surface area (Å²) in [6.07, 6.45) is 5.62. The molecule has 2 saturated carbocycles. The molecule has 72 valence electrons. The lowest BCUT2D eigenvalue weighted by atomic mass is 9.78. The lowest BCUT2D eigenvalue weighted by Crippen LogP contribution is -2.18. The van der Waals surface area contributed by atoms with E-state index in [4.69, 9.17) is 5.11 Å². The lowest BCUT2D eigenvalue weighted by molar-refractivity contribution is -0.140. The summed E-state index contributed by atoms with van der Waals surface area (Å²) in [5.74, 6) is -0.331. The first-order valence-corrected chi connectivity index (χ1v) is 4.96. The van der Waals surface area contributed by atoms with E-state index in [0.29, 0.717) is 5.92 Å². The second-order valence-electron chi connectivity index (χ2n) is 4.67. The number of hydrogen-bond donors (Lipinski definition) is 1. The first-order chi connectivity index (χ1) is 6.08. The minimum atomic E-state index is -0.595. The molecule has 0 bridgehead atoms. The Morgan fingerprint density at radius 3 is 2.31 bits per heavy atom. The molecule has 13 heavy (non-hydrogen) atoms. The van der Waals surface area contributed by atoms with Crippen molar-refractivity contribution >= 4 is 5.97 Å². The Balaban J connectivity index is 2.13. The zero-order valence-corrected chi connectivity index (χ0v) is 8.21. The summed E-state index contributed by atoms with van der Waals surface area (Å²) in [4.78, 5) is 10.9. The highest BCUT2D eigenvalue weighted by atomic mass is 16.4. The van der Waals surface area contributed by atoms with Gasteiger partial charge in [-0.25, -0.2) is 0 Å². The Hall–Kier alpha value is -0.790. The maximum Gasteiger partial charge on any atom is 0.307 e. The Kier molecular flexibility index (Phi) is 1.76. The molecule has 0 radical (unpaired) electrons. The molecule has 1 spiro atoms. The highest BCUT2D eigenvalue weighted by Gasteiger charge is 2.69. The van der Waals surface area contributed by atoms with Gasteiger partial charge in [-0.3, -0.25) is 4.79 Å². The summed E-state index contributed by atoms with van der Waals surface area (Å²) in [5.41, 5.74) is 1.43. The topological polar surface area (TPSA) is 37.3 Å². The van der Waals surface area contributed by atoms with Crippen LogP contribution in [0.15, 0.2) is 11.6 Å². The first kappa shape index (κ1) is 8.79. The van der Waals surface area contributed by atoms with Crippen molar-refractivity contribution in [2.75, 3.05) is 0 Å². The zero-order valence-electron chi connectivity index (χ0n) is 8.21. The van der Waals surface area contributed by atoms with Crippen LogP contribution in [-0.4, -0.2) is 11.1 Å². The zero-order chi connectivity index (χ0) is 9.64. The van der Waals surface area contributed by atoms with Gasteiger partial charge in [0.05, 0.1) is 5.92 Å². The Morgan fingerprint density at radius 1 is 1.46 bits per heavy atom. The third-order valence-corrected chi connectivity index (χ3v) is 3.60. The number of carboxylic acids is 1. The smallest absolute Gasteiger partial charge is 0.307 e. The fraction of sp³-hybridized carbons (Fsp3) is 0.727. The molecule has 0 aliphatic heterocycles. The predicted octanol–water partition coefficient (Wildman–Crippen LogP) is 2.45. The maximum absolute atomic E-state index is 10.9. The van der Waals surface area contributed by atoms with Crippen molar-refractivity contribution < 1.29 is 9.90 Å². The van der Waals surface area contributed by atoms with E-state index in [-0.39, 0.29) is 11.3 Å². The van der Waals surface area contributed by atoms with E-state index in [1.165, 1.54) is 12.0 Å². The first-order valence-electron chi connectivity index (χ1n) is 4.96. The van der Waals surface area contributed by atoms with Crippen molar-refractivity contribution in [1.29, 1.82) is 0 Å². The van der Waals surface area contributed by atoms with Gasteiger partial charge in [-0.2, -0.15) is 0 Å². The molecule has 1 N–H and O–H groups in total. The second-order valence-corrected chi connectivity index (χ2v) is 4.67. The van der Waals surface area contributed by atoms with Gasteiger partial charge < -0.3 is 5.11 Å². The van der Waals surface area contributed by atoms with Crippen LogP contribution < -0.4 is 0 Å². The van der Waals surface area contributed by atoms with Crippen LogP contribution in [0.1, 0.15) is 33.1 Å². The van der Waals surface area contributed by atoms with Crippen LogP contribution in [0.3, 0.4) is 0 Å². The van der Waals surface area contributed by atoms with Gasteiger partial charge in [-0.05, 0) is 38.0 Å². The van der Waals surface area contributed by atoms with Crippen molar-refractivity contribution in [2.45, 2.75) is 33.1 Å². The minimum absolute atomic E-state index is 0.0730. The van der Waals surface area contributed by atoms with Crippen LogP contribution >= 0.6 is 0 Å². The molecule has 0 aromatic rings. The number of hydrogen-bond acceptors (Lipinski definition) is 1. The Bertz CT molecular complexity index is 270. The lowest BCUT2D eigenvalue weighted by Gasteiger charge is -2.26. The van der Waals surface area contributed by atoms with Crippen LogP contribution in [0.2, 0.25) is 0 Å². The molecule has 0 aromatic heterocycles. The van der Waals surface area contributed by atoms with Crippen molar-refractivity contribution in [2.24, 2.45) is 17.3 Å². The van der Waals surface area contributed by atoms with E-state index in [9.17, 15) is 4.79 Å². The fourth-order valence-corrected chi connectivity index (χ4v) is 2.77. The monoisotopic (exact) mass is 180 g/mol. The summed E-state index contributed by atoms with van der Waals surface area (Å²) in [6.45, 7) is 4.09. The van der Waals surface area contributed by atoms with E-state index in [2.05, 4.69) is 6.08 Å². The van der Waals surface area contributed by atoms with Crippen molar-refractivity contribution in [1.82, 2.24) is 0 Å². The molecule has 0 amide bonds. The number of carbonyl (C=O) groups is 1. The summed E-state index contributed by atoms with van der Waals surface area (Å²) in [5, 5.41) is 9.01. The highest BCUT2D eigenvalue weighted by Crippen LogP contribution is 2.70. The normalized spacial score (nSPS) is 33.7. The Labute approximate surface area is 78.6 Å². The SMILES string of the molecule is CC(C)=CC1C(C(=O)O)C12CCC2. The van der Waals surface area contributed by atoms with Crippen molar-refractivity contribution in [3.63, 3.8) is 0 Å². The summed E-state index contributed by atoms with van der Waals surface area (Å²) >= 11 is 0. The van der Waals surface area contributed by atoms with Gasteiger partial charge in [0.25, 0.3) is 0 Å². The number of aliphatic carboxylic acids is 1. The molecule has 0 saturated heterocycles. The van der Waals surface area contributed by atoms with Crippen molar-refractivity contribution in [3.05, 3.63) is 11.6 Å². The highest BCUT2D eigenvalue weighted by molar-refractivity contribution is 5.77. The predicted molar refractivity (Wildman–Crippen MR) is 50.3 cm³/mol. The molecular weight excluding hydrogens is 164 g/mol. The van der Waals surface area contributed by atoms with Gasteiger partial charge in [-0.15, -0.1) is 0 Å². The van der Waals surface area contributed by atoms with Crippen LogP contribution in [0.25, 0.3) is 0 Å². The molecule has 2 atom stereocenters. The van der Waals surface area contributed by atoms with Crippen molar-refractivity contribution in [3.8, 4) is 0 Å². The van der Waals surface area contributed by atoms with E-state index >= 15 is 0 Å². The van der Waals surface area contributed by atoms with Gasteiger partial charge in [0, 0.05) is 0 Å². The van der Waals surface area contributed by atoms with E-state index < -0.39 is 5.97 Å². The average molecular weight is 180 g/mol. The minimum Gasteiger partial charge on any atom is -0.481 e. The average Bonchev–Trinajstić information content (AvgIpc) is 2.54. The third-order valence-electron chi connectivity index (χ3n) is 3.60. The largest absolute Gasteiger partial charge is 0.481 e. The van der Waals surface area contributed by atoms with E-state index in [1.54, 1.807) is 0 Å². The number of rotatable bonds is 2. The maximum atomic E-state index is 10.9. The van der Waals surface area contributed by atoms with E-state index in [0.717, 1.165) is 12.8 Å². The molecule has 0 aromatic carbocycles. The van der Waals surface area contributed by atoms with Gasteiger partial charge in [0.1, 0.15) is 0 Å². The fourth-order valence-electron chi connectivity index (χ4n) is 2.77. The summed E-state index contributed by atoms with van der Waals surface area (Å²) in [7, 11) is 0. The molecule has 2 heteroatoms. The second kappa shape index (κ2) is 2.60. The molecule has 2 aliphatic rings. The third kappa shape index (κ3) is 1.11. The molecule has 2 nitrogen and oxygen atoms in total. The van der Waals surface area contributed by atoms with Crippen LogP contribution in [0.4, 0.5) is 0 Å².